The molecule has 0 heterocycles. The predicted molar refractivity (Wildman–Crippen MR) is 62.6 cm³/mol. The molecule has 2 nitrogen and oxygen atoms in total. The van der Waals surface area contributed by atoms with Crippen molar-refractivity contribution in [2.45, 2.75) is 38.4 Å². The van der Waals surface area contributed by atoms with Crippen molar-refractivity contribution < 1.29 is 9.53 Å². The molecule has 14 heavy (non-hydrogen) atoms. The standard InChI is InChI=1S/C11H19BrO2/c1-5-6-7-14-11(13)10(8(2)3)9(4)12/h9-10H,2,5-7H2,1,3-4H3. The van der Waals surface area contributed by atoms with Gasteiger partial charge in [0, 0.05) is 4.83 Å². The highest BCUT2D eigenvalue weighted by molar-refractivity contribution is 9.09. The maximum atomic E-state index is 11.6. The number of ether oxygens (including phenoxy) is 1. The summed E-state index contributed by atoms with van der Waals surface area (Å²) < 4.78 is 5.14. The monoisotopic (exact) mass is 262 g/mol. The van der Waals surface area contributed by atoms with Crippen molar-refractivity contribution in [3.8, 4) is 0 Å². The predicted octanol–water partition coefficient (Wildman–Crippen LogP) is 3.31. The van der Waals surface area contributed by atoms with Crippen LogP contribution in [-0.4, -0.2) is 17.4 Å². The second-order valence-electron chi connectivity index (χ2n) is 3.52. The molecule has 0 amide bonds. The van der Waals surface area contributed by atoms with E-state index in [2.05, 4.69) is 29.4 Å². The molecule has 0 rings (SSSR count). The van der Waals surface area contributed by atoms with Gasteiger partial charge in [-0.05, 0) is 13.3 Å². The Hall–Kier alpha value is -0.310. The molecule has 2 unspecified atom stereocenters. The molecule has 0 radical (unpaired) electrons. The van der Waals surface area contributed by atoms with Crippen LogP contribution in [0.1, 0.15) is 33.6 Å². The van der Waals surface area contributed by atoms with E-state index in [0.29, 0.717) is 6.61 Å². The summed E-state index contributed by atoms with van der Waals surface area (Å²) in [5.41, 5.74) is 0.843. The number of alkyl halides is 1. The fraction of sp³-hybridized carbons (Fsp3) is 0.727. The lowest BCUT2D eigenvalue weighted by atomic mass is 9.99. The second-order valence-corrected chi connectivity index (χ2v) is 4.97. The van der Waals surface area contributed by atoms with Crippen LogP contribution in [0, 0.1) is 5.92 Å². The van der Waals surface area contributed by atoms with Crippen LogP contribution in [0.4, 0.5) is 0 Å². The molecule has 0 aromatic rings. The highest BCUT2D eigenvalue weighted by Crippen LogP contribution is 2.21. The third-order valence-electron chi connectivity index (χ3n) is 1.99. The molecule has 0 aliphatic carbocycles. The van der Waals surface area contributed by atoms with Gasteiger partial charge in [0.1, 0.15) is 0 Å². The summed E-state index contributed by atoms with van der Waals surface area (Å²) in [5, 5.41) is 0. The first-order valence-electron chi connectivity index (χ1n) is 4.96. The van der Waals surface area contributed by atoms with Gasteiger partial charge < -0.3 is 4.74 Å². The van der Waals surface area contributed by atoms with E-state index in [-0.39, 0.29) is 16.7 Å². The first-order chi connectivity index (χ1) is 6.50. The minimum atomic E-state index is -0.230. The maximum Gasteiger partial charge on any atom is 0.314 e. The Balaban J connectivity index is 4.10. The molecule has 0 fully saturated rings. The zero-order valence-corrected chi connectivity index (χ0v) is 10.8. The van der Waals surface area contributed by atoms with Crippen LogP contribution in [0.5, 0.6) is 0 Å². The van der Waals surface area contributed by atoms with Crippen molar-refractivity contribution in [2.24, 2.45) is 5.92 Å². The number of rotatable bonds is 6. The molecule has 0 saturated heterocycles. The fourth-order valence-electron chi connectivity index (χ4n) is 1.19. The Kier molecular flexibility index (Phi) is 6.89. The van der Waals surface area contributed by atoms with Gasteiger partial charge in [-0.1, -0.05) is 48.4 Å². The molecule has 0 bridgehead atoms. The lowest BCUT2D eigenvalue weighted by Gasteiger charge is -2.18. The summed E-state index contributed by atoms with van der Waals surface area (Å²) >= 11 is 3.39. The van der Waals surface area contributed by atoms with Crippen molar-refractivity contribution >= 4 is 21.9 Å². The second kappa shape index (κ2) is 7.04. The van der Waals surface area contributed by atoms with E-state index in [9.17, 15) is 4.79 Å². The van der Waals surface area contributed by atoms with E-state index in [1.54, 1.807) is 0 Å². The Morgan fingerprint density at radius 3 is 2.50 bits per heavy atom. The summed E-state index contributed by atoms with van der Waals surface area (Å²) in [6.45, 7) is 10.2. The first-order valence-corrected chi connectivity index (χ1v) is 5.88. The number of unbranched alkanes of at least 4 members (excludes halogenated alkanes) is 1. The average molecular weight is 263 g/mol. The normalized spacial score (nSPS) is 14.6. The maximum absolute atomic E-state index is 11.6. The van der Waals surface area contributed by atoms with Gasteiger partial charge in [0.05, 0.1) is 12.5 Å². The molecule has 0 aromatic heterocycles. The van der Waals surface area contributed by atoms with Gasteiger partial charge in [-0.25, -0.2) is 0 Å². The summed E-state index contributed by atoms with van der Waals surface area (Å²) in [4.78, 5) is 11.7. The van der Waals surface area contributed by atoms with Gasteiger partial charge in [0.2, 0.25) is 0 Å². The quantitative estimate of drug-likeness (QED) is 0.318. The molecule has 2 atom stereocenters. The van der Waals surface area contributed by atoms with E-state index in [1.165, 1.54) is 0 Å². The van der Waals surface area contributed by atoms with E-state index in [1.807, 2.05) is 13.8 Å². The van der Waals surface area contributed by atoms with E-state index < -0.39 is 0 Å². The van der Waals surface area contributed by atoms with Crippen molar-refractivity contribution in [3.63, 3.8) is 0 Å². The van der Waals surface area contributed by atoms with Crippen LogP contribution in [0.15, 0.2) is 12.2 Å². The summed E-state index contributed by atoms with van der Waals surface area (Å²) in [6, 6.07) is 0. The molecule has 0 spiro atoms. The van der Waals surface area contributed by atoms with Crippen molar-refractivity contribution in [3.05, 3.63) is 12.2 Å². The number of carbonyl (C=O) groups is 1. The Labute approximate surface area is 94.8 Å². The van der Waals surface area contributed by atoms with Crippen LogP contribution >= 0.6 is 15.9 Å². The number of halogens is 1. The molecule has 3 heteroatoms. The Bertz CT molecular complexity index is 199. The zero-order chi connectivity index (χ0) is 11.1. The molecule has 0 aliphatic heterocycles. The minimum absolute atomic E-state index is 0.0779. The minimum Gasteiger partial charge on any atom is -0.465 e. The number of esters is 1. The molecular weight excluding hydrogens is 244 g/mol. The third-order valence-corrected chi connectivity index (χ3v) is 2.52. The van der Waals surface area contributed by atoms with Gasteiger partial charge in [0.25, 0.3) is 0 Å². The lowest BCUT2D eigenvalue weighted by Crippen LogP contribution is -2.25. The van der Waals surface area contributed by atoms with E-state index in [4.69, 9.17) is 4.74 Å². The first kappa shape index (κ1) is 13.7. The smallest absolute Gasteiger partial charge is 0.314 e. The van der Waals surface area contributed by atoms with Crippen molar-refractivity contribution in [1.29, 1.82) is 0 Å². The van der Waals surface area contributed by atoms with Crippen LogP contribution in [-0.2, 0) is 9.53 Å². The van der Waals surface area contributed by atoms with Gasteiger partial charge >= 0.3 is 5.97 Å². The van der Waals surface area contributed by atoms with Gasteiger partial charge in [-0.15, -0.1) is 0 Å². The van der Waals surface area contributed by atoms with Crippen molar-refractivity contribution in [2.75, 3.05) is 6.61 Å². The highest BCUT2D eigenvalue weighted by Gasteiger charge is 2.25. The summed E-state index contributed by atoms with van der Waals surface area (Å²) in [5.74, 6) is -0.401. The van der Waals surface area contributed by atoms with Crippen LogP contribution in [0.25, 0.3) is 0 Å². The molecule has 82 valence electrons. The summed E-state index contributed by atoms with van der Waals surface area (Å²) in [7, 11) is 0. The average Bonchev–Trinajstić information content (AvgIpc) is 2.03. The molecule has 0 saturated carbocycles. The Morgan fingerprint density at radius 1 is 1.57 bits per heavy atom. The largest absolute Gasteiger partial charge is 0.465 e. The topological polar surface area (TPSA) is 26.3 Å². The molecule has 0 aliphatic rings. The lowest BCUT2D eigenvalue weighted by molar-refractivity contribution is -0.147. The van der Waals surface area contributed by atoms with Gasteiger partial charge in [0.15, 0.2) is 0 Å². The van der Waals surface area contributed by atoms with Gasteiger partial charge in [-0.3, -0.25) is 4.79 Å². The number of carbonyl (C=O) groups excluding carboxylic acids is 1. The zero-order valence-electron chi connectivity index (χ0n) is 9.18. The molecule has 0 N–H and O–H groups in total. The van der Waals surface area contributed by atoms with Crippen LogP contribution in [0.3, 0.4) is 0 Å². The SMILES string of the molecule is C=C(C)C(C(=O)OCCCC)C(C)Br. The number of hydrogen-bond donors (Lipinski definition) is 0. The molecular formula is C11H19BrO2. The van der Waals surface area contributed by atoms with Crippen molar-refractivity contribution in [1.82, 2.24) is 0 Å². The molecule has 0 aromatic carbocycles. The van der Waals surface area contributed by atoms with Crippen LogP contribution < -0.4 is 0 Å². The summed E-state index contributed by atoms with van der Waals surface area (Å²) in [6.07, 6.45) is 1.96. The van der Waals surface area contributed by atoms with Crippen LogP contribution in [0.2, 0.25) is 0 Å². The highest BCUT2D eigenvalue weighted by atomic mass is 79.9. The van der Waals surface area contributed by atoms with E-state index in [0.717, 1.165) is 18.4 Å². The third kappa shape index (κ3) is 4.80. The van der Waals surface area contributed by atoms with E-state index >= 15 is 0 Å². The van der Waals surface area contributed by atoms with Gasteiger partial charge in [-0.2, -0.15) is 0 Å². The fourth-order valence-corrected chi connectivity index (χ4v) is 1.85. The number of hydrogen-bond acceptors (Lipinski definition) is 2. The Morgan fingerprint density at radius 2 is 2.14 bits per heavy atom.